The number of rotatable bonds is 2. The number of aliphatic hydroxyl groups excluding tert-OH is 3. The first kappa shape index (κ1) is 13.2. The van der Waals surface area contributed by atoms with Crippen molar-refractivity contribution < 1.29 is 20.1 Å². The minimum atomic E-state index is -1.69. The molecule has 0 unspecified atom stereocenters. The molecule has 9 heteroatoms. The lowest BCUT2D eigenvalue weighted by molar-refractivity contribution is -0.0888. The van der Waals surface area contributed by atoms with Crippen molar-refractivity contribution >= 4 is 16.1 Å². The van der Waals surface area contributed by atoms with Crippen LogP contribution in [0, 0.1) is 0 Å². The van der Waals surface area contributed by atoms with Gasteiger partial charge in [-0.05, 0) is 6.07 Å². The number of ether oxygens (including phenoxy) is 1. The molecule has 2 heterocycles. The quantitative estimate of drug-likeness (QED) is 0.414. The van der Waals surface area contributed by atoms with Gasteiger partial charge < -0.3 is 25.8 Å². The zero-order valence-corrected chi connectivity index (χ0v) is 10.2. The fraction of sp³-hybridized carbons (Fsp3) is 0.556. The molecular weight excluding hydrogens is 258 g/mol. The predicted octanol–water partition coefficient (Wildman–Crippen LogP) is -3.28. The summed E-state index contributed by atoms with van der Waals surface area (Å²) in [6.45, 7) is -0.498. The number of hydrogen-bond acceptors (Lipinski definition) is 7. The average molecular weight is 270 g/mol. The predicted molar refractivity (Wildman–Crippen MR) is 60.6 cm³/mol. The minimum absolute atomic E-state index is 0.0262. The van der Waals surface area contributed by atoms with Crippen LogP contribution in [0.25, 0.3) is 0 Å². The van der Waals surface area contributed by atoms with E-state index in [4.69, 9.17) is 15.6 Å². The molecule has 2 rings (SSSR count). The molecule has 1 aliphatic heterocycles. The highest BCUT2D eigenvalue weighted by molar-refractivity contribution is 6.13. The van der Waals surface area contributed by atoms with Crippen LogP contribution < -0.4 is 11.4 Å². The van der Waals surface area contributed by atoms with Crippen LogP contribution in [0.1, 0.15) is 0 Å². The highest BCUT2D eigenvalue weighted by Gasteiger charge is 2.52. The van der Waals surface area contributed by atoms with Crippen LogP contribution in [0.3, 0.4) is 0 Å². The molecule has 0 spiro atoms. The van der Waals surface area contributed by atoms with Crippen LogP contribution >= 0.6 is 0 Å². The van der Waals surface area contributed by atoms with Gasteiger partial charge in [-0.15, -0.1) is 0 Å². The second-order valence-corrected chi connectivity index (χ2v) is 4.69. The Labute approximate surface area is 105 Å². The van der Waals surface area contributed by atoms with E-state index < -0.39 is 36.0 Å². The van der Waals surface area contributed by atoms with Gasteiger partial charge in [0, 0.05) is 6.20 Å². The zero-order chi connectivity index (χ0) is 13.5. The standard InChI is InChI=1S/C9H12N3O5Si/c10-5-1-2-12(8(16)11-5)9(18)7(15)6(14)4(3-13)17-9/h1-2,4,6-7,13-15H,3H2,(H2,10,11,16)/t4-,6-,7-,9+/m1/s1. The van der Waals surface area contributed by atoms with Crippen molar-refractivity contribution in [2.45, 2.75) is 23.7 Å². The van der Waals surface area contributed by atoms with E-state index in [1.54, 1.807) is 0 Å². The number of hydrogen-bond donors (Lipinski definition) is 4. The second-order valence-electron chi connectivity index (χ2n) is 3.98. The van der Waals surface area contributed by atoms with Gasteiger partial charge in [0.1, 0.15) is 34.4 Å². The molecule has 0 amide bonds. The maximum absolute atomic E-state index is 11.7. The Morgan fingerprint density at radius 1 is 1.61 bits per heavy atom. The Morgan fingerprint density at radius 3 is 2.78 bits per heavy atom. The van der Waals surface area contributed by atoms with Crippen molar-refractivity contribution in [3.05, 3.63) is 22.7 Å². The molecule has 18 heavy (non-hydrogen) atoms. The third kappa shape index (κ3) is 1.85. The van der Waals surface area contributed by atoms with Gasteiger partial charge in [0.05, 0.1) is 6.61 Å². The van der Waals surface area contributed by atoms with Crippen molar-refractivity contribution in [1.82, 2.24) is 9.55 Å². The number of nitrogens with two attached hydrogens (primary N) is 1. The van der Waals surface area contributed by atoms with Crippen molar-refractivity contribution in [3.63, 3.8) is 0 Å². The summed E-state index contributed by atoms with van der Waals surface area (Å²) in [5.74, 6) is 0.0262. The molecule has 1 aromatic rings. The molecule has 1 saturated heterocycles. The summed E-state index contributed by atoms with van der Waals surface area (Å²) in [5, 5.41) is 26.9. The summed E-state index contributed by atoms with van der Waals surface area (Å²) < 4.78 is 6.22. The summed E-state index contributed by atoms with van der Waals surface area (Å²) in [6, 6.07) is 1.35. The normalized spacial score (nSPS) is 35.9. The lowest BCUT2D eigenvalue weighted by atomic mass is 10.1. The van der Waals surface area contributed by atoms with Gasteiger partial charge >= 0.3 is 5.69 Å². The molecular formula is C9H12N3O5Si. The van der Waals surface area contributed by atoms with Gasteiger partial charge in [0.25, 0.3) is 0 Å². The molecule has 5 N–H and O–H groups in total. The minimum Gasteiger partial charge on any atom is -0.394 e. The van der Waals surface area contributed by atoms with E-state index in [0.717, 1.165) is 4.57 Å². The maximum Gasteiger partial charge on any atom is 0.351 e. The molecule has 0 saturated carbocycles. The summed E-state index contributed by atoms with van der Waals surface area (Å²) in [7, 11) is 3.12. The highest BCUT2D eigenvalue weighted by atomic mass is 28.1. The number of nitrogen functional groups attached to an aromatic ring is 1. The summed E-state index contributed by atoms with van der Waals surface area (Å²) >= 11 is 0. The second kappa shape index (κ2) is 4.44. The molecule has 4 atom stereocenters. The Bertz CT molecular complexity index is 509. The summed E-state index contributed by atoms with van der Waals surface area (Å²) in [6.07, 6.45) is -2.53. The third-order valence-corrected chi connectivity index (χ3v) is 3.45. The van der Waals surface area contributed by atoms with Crippen molar-refractivity contribution in [2.24, 2.45) is 0 Å². The Kier molecular flexibility index (Phi) is 3.25. The molecule has 1 aromatic heterocycles. The van der Waals surface area contributed by atoms with E-state index in [9.17, 15) is 15.0 Å². The lowest BCUT2D eigenvalue weighted by Crippen LogP contribution is -2.51. The average Bonchev–Trinajstić information content (AvgIpc) is 2.54. The van der Waals surface area contributed by atoms with E-state index in [1.807, 2.05) is 0 Å². The van der Waals surface area contributed by atoms with Crippen LogP contribution in [-0.2, 0) is 10.1 Å². The summed E-state index contributed by atoms with van der Waals surface area (Å²) in [4.78, 5) is 15.2. The van der Waals surface area contributed by atoms with Crippen LogP contribution in [0.15, 0.2) is 17.1 Å². The smallest absolute Gasteiger partial charge is 0.351 e. The van der Waals surface area contributed by atoms with E-state index >= 15 is 0 Å². The fourth-order valence-corrected chi connectivity index (χ4v) is 2.31. The molecule has 1 aliphatic rings. The molecule has 97 valence electrons. The van der Waals surface area contributed by atoms with Gasteiger partial charge in [0.15, 0.2) is 5.35 Å². The maximum atomic E-state index is 11.7. The largest absolute Gasteiger partial charge is 0.394 e. The molecule has 1 fully saturated rings. The Balaban J connectivity index is 2.46. The third-order valence-electron chi connectivity index (χ3n) is 2.80. The van der Waals surface area contributed by atoms with Gasteiger partial charge in [0.2, 0.25) is 0 Å². The van der Waals surface area contributed by atoms with Crippen molar-refractivity contribution in [3.8, 4) is 0 Å². The first-order valence-corrected chi connectivity index (χ1v) is 5.65. The first-order chi connectivity index (χ1) is 8.40. The fourth-order valence-electron chi connectivity index (χ4n) is 1.82. The highest BCUT2D eigenvalue weighted by Crippen LogP contribution is 2.31. The van der Waals surface area contributed by atoms with E-state index in [1.165, 1.54) is 12.3 Å². The molecule has 8 nitrogen and oxygen atoms in total. The van der Waals surface area contributed by atoms with E-state index in [2.05, 4.69) is 15.2 Å². The van der Waals surface area contributed by atoms with Crippen LogP contribution in [-0.4, -0.2) is 60.0 Å². The Morgan fingerprint density at radius 2 is 2.28 bits per heavy atom. The number of nitrogens with zero attached hydrogens (tertiary/aromatic N) is 2. The lowest BCUT2D eigenvalue weighted by Gasteiger charge is -2.29. The monoisotopic (exact) mass is 270 g/mol. The Hall–Kier alpha value is -1.26. The van der Waals surface area contributed by atoms with E-state index in [-0.39, 0.29) is 5.82 Å². The van der Waals surface area contributed by atoms with Crippen molar-refractivity contribution in [2.75, 3.05) is 12.3 Å². The molecule has 3 radical (unpaired) electrons. The van der Waals surface area contributed by atoms with Crippen molar-refractivity contribution in [1.29, 1.82) is 0 Å². The molecule has 0 bridgehead atoms. The summed E-state index contributed by atoms with van der Waals surface area (Å²) in [5.41, 5.74) is 4.60. The number of aliphatic hydroxyl groups is 3. The van der Waals surface area contributed by atoms with Gasteiger partial charge in [-0.1, -0.05) is 0 Å². The van der Waals surface area contributed by atoms with Gasteiger partial charge in [-0.3, -0.25) is 4.57 Å². The van der Waals surface area contributed by atoms with Crippen LogP contribution in [0.2, 0.25) is 0 Å². The van der Waals surface area contributed by atoms with Crippen LogP contribution in [0.5, 0.6) is 0 Å². The SMILES string of the molecule is Nc1ccn([C@]2([Si])O[C@H](CO)[C@@H](O)[C@H]2O)c(=O)n1. The van der Waals surface area contributed by atoms with E-state index in [0.29, 0.717) is 0 Å². The number of anilines is 1. The first-order valence-electron chi connectivity index (χ1n) is 5.15. The molecule has 0 aromatic carbocycles. The zero-order valence-electron chi connectivity index (χ0n) is 9.22. The van der Waals surface area contributed by atoms with Crippen LogP contribution in [0.4, 0.5) is 5.82 Å². The number of aromatic nitrogens is 2. The van der Waals surface area contributed by atoms with Gasteiger partial charge in [-0.2, -0.15) is 4.98 Å². The van der Waals surface area contributed by atoms with Gasteiger partial charge in [-0.25, -0.2) is 4.79 Å². The molecule has 0 aliphatic carbocycles. The topological polar surface area (TPSA) is 131 Å².